The van der Waals surface area contributed by atoms with E-state index in [2.05, 4.69) is 10.6 Å². The number of aryl methyl sites for hydroxylation is 2. The first-order valence-corrected chi connectivity index (χ1v) is 8.19. The van der Waals surface area contributed by atoms with Crippen LogP contribution in [0.1, 0.15) is 43.2 Å². The van der Waals surface area contributed by atoms with E-state index in [9.17, 15) is 9.59 Å². The molecule has 0 radical (unpaired) electrons. The van der Waals surface area contributed by atoms with Crippen LogP contribution in [0.2, 0.25) is 5.02 Å². The molecule has 22 heavy (non-hydrogen) atoms. The van der Waals surface area contributed by atoms with Gasteiger partial charge in [0.05, 0.1) is 17.3 Å². The third-order valence-corrected chi connectivity index (χ3v) is 4.39. The number of hydrogen-bond donors (Lipinski definition) is 2. The van der Waals surface area contributed by atoms with Crippen molar-refractivity contribution in [2.75, 3.05) is 11.9 Å². The van der Waals surface area contributed by atoms with Crippen LogP contribution < -0.4 is 10.6 Å². The Morgan fingerprint density at radius 3 is 2.50 bits per heavy atom. The van der Waals surface area contributed by atoms with Crippen molar-refractivity contribution in [3.05, 3.63) is 28.3 Å². The van der Waals surface area contributed by atoms with Crippen LogP contribution in [-0.4, -0.2) is 18.4 Å². The van der Waals surface area contributed by atoms with Crippen molar-refractivity contribution in [3.8, 4) is 0 Å². The van der Waals surface area contributed by atoms with Crippen molar-refractivity contribution >= 4 is 29.1 Å². The summed E-state index contributed by atoms with van der Waals surface area (Å²) in [4.78, 5) is 24.0. The highest BCUT2D eigenvalue weighted by Gasteiger charge is 2.21. The molecule has 0 unspecified atom stereocenters. The van der Waals surface area contributed by atoms with Gasteiger partial charge in [-0.2, -0.15) is 0 Å². The summed E-state index contributed by atoms with van der Waals surface area (Å²) in [6, 6.07) is 3.77. The molecule has 1 aliphatic carbocycles. The monoisotopic (exact) mass is 322 g/mol. The molecule has 1 aliphatic rings. The van der Waals surface area contributed by atoms with Crippen LogP contribution in [0.15, 0.2) is 12.1 Å². The minimum Gasteiger partial charge on any atom is -0.347 e. The van der Waals surface area contributed by atoms with Gasteiger partial charge in [0.15, 0.2) is 0 Å². The van der Waals surface area contributed by atoms with Crippen molar-refractivity contribution in [1.82, 2.24) is 5.32 Å². The number of amides is 2. The maximum absolute atomic E-state index is 12.0. The van der Waals surface area contributed by atoms with Gasteiger partial charge in [0.1, 0.15) is 0 Å². The Morgan fingerprint density at radius 2 is 1.86 bits per heavy atom. The first-order valence-electron chi connectivity index (χ1n) is 7.81. The second-order valence-electron chi connectivity index (χ2n) is 6.04. The van der Waals surface area contributed by atoms with Gasteiger partial charge >= 0.3 is 0 Å². The number of rotatable bonds is 4. The predicted molar refractivity (Wildman–Crippen MR) is 89.1 cm³/mol. The zero-order valence-corrected chi connectivity index (χ0v) is 13.9. The van der Waals surface area contributed by atoms with E-state index in [1.165, 1.54) is 6.42 Å². The summed E-state index contributed by atoms with van der Waals surface area (Å²) < 4.78 is 0. The molecule has 1 fully saturated rings. The summed E-state index contributed by atoms with van der Waals surface area (Å²) in [5.41, 5.74) is 2.58. The van der Waals surface area contributed by atoms with E-state index in [0.717, 1.165) is 36.8 Å². The molecule has 5 heteroatoms. The number of halogens is 1. The van der Waals surface area contributed by atoms with Gasteiger partial charge in [0.2, 0.25) is 11.8 Å². The third-order valence-electron chi connectivity index (χ3n) is 4.10. The molecular formula is C17H23ClN2O2. The van der Waals surface area contributed by atoms with E-state index in [0.29, 0.717) is 10.7 Å². The van der Waals surface area contributed by atoms with Crippen LogP contribution in [0.4, 0.5) is 5.69 Å². The Labute approximate surface area is 136 Å². The van der Waals surface area contributed by atoms with Gasteiger partial charge in [0, 0.05) is 5.92 Å². The molecule has 0 aliphatic heterocycles. The summed E-state index contributed by atoms with van der Waals surface area (Å²) in [5, 5.41) is 6.03. The van der Waals surface area contributed by atoms with Gasteiger partial charge in [-0.15, -0.1) is 0 Å². The molecule has 120 valence electrons. The summed E-state index contributed by atoms with van der Waals surface area (Å²) in [6.45, 7) is 3.84. The van der Waals surface area contributed by atoms with Crippen LogP contribution in [0.25, 0.3) is 0 Å². The lowest BCUT2D eigenvalue weighted by Gasteiger charge is -2.20. The lowest BCUT2D eigenvalue weighted by molar-refractivity contribution is -0.128. The SMILES string of the molecule is Cc1cc(C)c(NC(=O)CNC(=O)C2CCCCC2)c(Cl)c1. The molecule has 1 aromatic rings. The fourth-order valence-electron chi connectivity index (χ4n) is 2.93. The molecule has 0 aromatic heterocycles. The summed E-state index contributed by atoms with van der Waals surface area (Å²) in [7, 11) is 0. The molecule has 2 amide bonds. The molecule has 0 atom stereocenters. The first-order chi connectivity index (χ1) is 10.5. The molecule has 0 spiro atoms. The third kappa shape index (κ3) is 4.47. The molecule has 0 heterocycles. The fraction of sp³-hybridized carbons (Fsp3) is 0.529. The number of anilines is 1. The fourth-order valence-corrected chi connectivity index (χ4v) is 3.30. The Balaban J connectivity index is 1.87. The van der Waals surface area contributed by atoms with E-state index in [1.807, 2.05) is 26.0 Å². The first kappa shape index (κ1) is 16.8. The lowest BCUT2D eigenvalue weighted by atomic mass is 9.89. The van der Waals surface area contributed by atoms with Crippen LogP contribution in [0.3, 0.4) is 0 Å². The summed E-state index contributed by atoms with van der Waals surface area (Å²) in [5.74, 6) is -0.203. The van der Waals surface area contributed by atoms with E-state index in [1.54, 1.807) is 0 Å². The second kappa shape index (κ2) is 7.63. The quantitative estimate of drug-likeness (QED) is 0.890. The smallest absolute Gasteiger partial charge is 0.243 e. The zero-order valence-electron chi connectivity index (χ0n) is 13.2. The number of benzene rings is 1. The maximum atomic E-state index is 12.0. The number of carbonyl (C=O) groups is 2. The van der Waals surface area contributed by atoms with Crippen molar-refractivity contribution in [2.24, 2.45) is 5.92 Å². The highest BCUT2D eigenvalue weighted by Crippen LogP contribution is 2.27. The molecule has 0 saturated heterocycles. The predicted octanol–water partition coefficient (Wildman–Crippen LogP) is 3.59. The van der Waals surface area contributed by atoms with E-state index < -0.39 is 0 Å². The molecule has 2 rings (SSSR count). The average Bonchev–Trinajstić information content (AvgIpc) is 2.49. The number of carbonyl (C=O) groups excluding carboxylic acids is 2. The molecule has 0 bridgehead atoms. The molecule has 1 aromatic carbocycles. The van der Waals surface area contributed by atoms with Crippen molar-refractivity contribution in [3.63, 3.8) is 0 Å². The van der Waals surface area contributed by atoms with Crippen LogP contribution in [-0.2, 0) is 9.59 Å². The Kier molecular flexibility index (Phi) is 5.83. The highest BCUT2D eigenvalue weighted by atomic mass is 35.5. The molecule has 1 saturated carbocycles. The van der Waals surface area contributed by atoms with E-state index in [-0.39, 0.29) is 24.3 Å². The van der Waals surface area contributed by atoms with Gasteiger partial charge in [-0.1, -0.05) is 36.9 Å². The minimum absolute atomic E-state index is 0.0124. The standard InChI is InChI=1S/C17H23ClN2O2/c1-11-8-12(2)16(14(18)9-11)20-15(21)10-19-17(22)13-6-4-3-5-7-13/h8-9,13H,3-7,10H2,1-2H3,(H,19,22)(H,20,21). The van der Waals surface area contributed by atoms with Gasteiger partial charge in [-0.25, -0.2) is 0 Å². The van der Waals surface area contributed by atoms with Gasteiger partial charge in [-0.05, 0) is 43.9 Å². The van der Waals surface area contributed by atoms with Crippen LogP contribution in [0, 0.1) is 19.8 Å². The van der Waals surface area contributed by atoms with Crippen molar-refractivity contribution < 1.29 is 9.59 Å². The topological polar surface area (TPSA) is 58.2 Å². The van der Waals surface area contributed by atoms with Gasteiger partial charge < -0.3 is 10.6 Å². The van der Waals surface area contributed by atoms with Gasteiger partial charge in [-0.3, -0.25) is 9.59 Å². The number of hydrogen-bond acceptors (Lipinski definition) is 2. The zero-order chi connectivity index (χ0) is 16.1. The normalized spacial score (nSPS) is 15.4. The Bertz CT molecular complexity index is 543. The largest absolute Gasteiger partial charge is 0.347 e. The summed E-state index contributed by atoms with van der Waals surface area (Å²) >= 11 is 6.16. The molecule has 2 N–H and O–H groups in total. The summed E-state index contributed by atoms with van der Waals surface area (Å²) in [6.07, 6.45) is 5.26. The maximum Gasteiger partial charge on any atom is 0.243 e. The van der Waals surface area contributed by atoms with Crippen molar-refractivity contribution in [2.45, 2.75) is 46.0 Å². The van der Waals surface area contributed by atoms with Crippen LogP contribution >= 0.6 is 11.6 Å². The van der Waals surface area contributed by atoms with E-state index >= 15 is 0 Å². The van der Waals surface area contributed by atoms with E-state index in [4.69, 9.17) is 11.6 Å². The number of nitrogens with one attached hydrogen (secondary N) is 2. The average molecular weight is 323 g/mol. The Hall–Kier alpha value is -1.55. The molecule has 4 nitrogen and oxygen atoms in total. The Morgan fingerprint density at radius 1 is 1.18 bits per heavy atom. The second-order valence-corrected chi connectivity index (χ2v) is 6.45. The molecular weight excluding hydrogens is 300 g/mol. The highest BCUT2D eigenvalue weighted by molar-refractivity contribution is 6.34. The lowest BCUT2D eigenvalue weighted by Crippen LogP contribution is -2.37. The van der Waals surface area contributed by atoms with Crippen LogP contribution in [0.5, 0.6) is 0 Å². The van der Waals surface area contributed by atoms with Crippen molar-refractivity contribution in [1.29, 1.82) is 0 Å². The minimum atomic E-state index is -0.252. The van der Waals surface area contributed by atoms with Gasteiger partial charge in [0.25, 0.3) is 0 Å².